The van der Waals surface area contributed by atoms with E-state index in [0.29, 0.717) is 12.1 Å². The maximum atomic E-state index is 12.0. The first-order valence-electron chi connectivity index (χ1n) is 9.57. The molecule has 0 spiro atoms. The van der Waals surface area contributed by atoms with E-state index in [9.17, 15) is 10.1 Å². The molecule has 0 N–H and O–H groups in total. The van der Waals surface area contributed by atoms with E-state index in [-0.39, 0.29) is 11.9 Å². The topological polar surface area (TPSA) is 84.9 Å². The molecule has 0 aliphatic carbocycles. The molecule has 3 aliphatic heterocycles. The molecule has 1 atom stereocenters. The molecule has 7 heteroatoms. The fraction of sp³-hybridized carbons (Fsp3) is 0.381. The van der Waals surface area contributed by atoms with Crippen molar-refractivity contribution >= 4 is 23.5 Å². The van der Waals surface area contributed by atoms with Gasteiger partial charge in [0.2, 0.25) is 0 Å². The van der Waals surface area contributed by atoms with E-state index in [1.807, 2.05) is 37.4 Å². The molecule has 28 heavy (non-hydrogen) atoms. The van der Waals surface area contributed by atoms with Gasteiger partial charge in [-0.25, -0.2) is 9.98 Å². The number of nitrogens with zero attached hydrogens (tertiary/aromatic N) is 6. The van der Waals surface area contributed by atoms with E-state index in [1.165, 1.54) is 0 Å². The van der Waals surface area contributed by atoms with Crippen LogP contribution in [-0.4, -0.2) is 66.5 Å². The molecule has 7 nitrogen and oxygen atoms in total. The van der Waals surface area contributed by atoms with Gasteiger partial charge >= 0.3 is 0 Å². The third-order valence-corrected chi connectivity index (χ3v) is 5.29. The summed E-state index contributed by atoms with van der Waals surface area (Å²) in [6, 6.07) is 5.87. The van der Waals surface area contributed by atoms with Crippen LogP contribution in [0, 0.1) is 11.3 Å². The molecule has 0 aromatic carbocycles. The first-order valence-corrected chi connectivity index (χ1v) is 9.57. The lowest BCUT2D eigenvalue weighted by Gasteiger charge is -2.36. The van der Waals surface area contributed by atoms with Gasteiger partial charge < -0.3 is 4.90 Å². The zero-order chi connectivity index (χ0) is 19.5. The normalized spacial score (nSPS) is 22.1. The smallest absolute Gasteiger partial charge is 0.272 e. The van der Waals surface area contributed by atoms with Crippen LogP contribution in [0.2, 0.25) is 0 Å². The largest absolute Gasteiger partial charge is 0.367 e. The van der Waals surface area contributed by atoms with Crippen LogP contribution in [-0.2, 0) is 4.79 Å². The molecule has 1 fully saturated rings. The fourth-order valence-electron chi connectivity index (χ4n) is 3.74. The van der Waals surface area contributed by atoms with Gasteiger partial charge in [-0.2, -0.15) is 5.26 Å². The molecule has 1 saturated heterocycles. The van der Waals surface area contributed by atoms with E-state index in [1.54, 1.807) is 6.20 Å². The van der Waals surface area contributed by atoms with E-state index < -0.39 is 0 Å². The van der Waals surface area contributed by atoms with Gasteiger partial charge in [-0.05, 0) is 36.3 Å². The number of carbonyl (C=O) groups is 1. The number of piperazine rings is 1. The lowest BCUT2D eigenvalue weighted by Crippen LogP contribution is -2.47. The number of carbonyl (C=O) groups excluding carboxylic acids is 1. The number of aliphatic imine (C=N–C) groups is 2. The Balaban J connectivity index is 1.38. The molecule has 142 valence electrons. The van der Waals surface area contributed by atoms with Crippen molar-refractivity contribution in [3.63, 3.8) is 0 Å². The minimum atomic E-state index is -0.139. The van der Waals surface area contributed by atoms with Gasteiger partial charge in [0.1, 0.15) is 12.1 Å². The highest BCUT2D eigenvalue weighted by atomic mass is 16.1. The van der Waals surface area contributed by atoms with Crippen molar-refractivity contribution in [2.45, 2.75) is 19.4 Å². The van der Waals surface area contributed by atoms with E-state index in [2.05, 4.69) is 30.8 Å². The number of dihydropyridines is 2. The van der Waals surface area contributed by atoms with Gasteiger partial charge in [0.05, 0.1) is 11.4 Å². The van der Waals surface area contributed by atoms with Crippen molar-refractivity contribution in [1.29, 1.82) is 5.26 Å². The summed E-state index contributed by atoms with van der Waals surface area (Å²) in [5.74, 6) is -0.139. The Morgan fingerprint density at radius 1 is 1.29 bits per heavy atom. The maximum Gasteiger partial charge on any atom is 0.272 e. The number of anilines is 1. The zero-order valence-corrected chi connectivity index (χ0v) is 15.9. The lowest BCUT2D eigenvalue weighted by molar-refractivity contribution is -0.114. The van der Waals surface area contributed by atoms with Gasteiger partial charge in [0.15, 0.2) is 5.69 Å². The van der Waals surface area contributed by atoms with Crippen LogP contribution in [0.5, 0.6) is 0 Å². The molecule has 1 aromatic rings. The Hall–Kier alpha value is -3.11. The monoisotopic (exact) mass is 374 g/mol. The molecule has 1 amide bonds. The number of hydrogen-bond donors (Lipinski definition) is 0. The Kier molecular flexibility index (Phi) is 5.13. The first kappa shape index (κ1) is 18.3. The summed E-state index contributed by atoms with van der Waals surface area (Å²) in [4.78, 5) is 29.5. The zero-order valence-electron chi connectivity index (χ0n) is 15.9. The highest BCUT2D eigenvalue weighted by Crippen LogP contribution is 2.21. The Morgan fingerprint density at radius 3 is 2.86 bits per heavy atom. The quantitative estimate of drug-likeness (QED) is 0.802. The summed E-state index contributed by atoms with van der Waals surface area (Å²) in [7, 11) is 0. The van der Waals surface area contributed by atoms with Crippen LogP contribution in [0.3, 0.4) is 0 Å². The fourth-order valence-corrected chi connectivity index (χ4v) is 3.74. The standard InChI is InChI=1S/C21H22N6O/c1-2-16-11-17-18(25-21(16)28)10-15(13-24-17)14-26-6-8-27(9-7-26)20-4-3-5-23-19(20)12-22/h3-5,10-11,13,17H,2,6-9,14H2,1H3. The predicted molar refractivity (Wildman–Crippen MR) is 109 cm³/mol. The van der Waals surface area contributed by atoms with Crippen LogP contribution in [0.4, 0.5) is 5.69 Å². The van der Waals surface area contributed by atoms with E-state index in [4.69, 9.17) is 0 Å². The number of fused-ring (bicyclic) bond motifs is 1. The molecule has 4 rings (SSSR count). The van der Waals surface area contributed by atoms with Gasteiger partial charge in [0, 0.05) is 50.7 Å². The molecular weight excluding hydrogens is 352 g/mol. The number of nitriles is 1. The Labute approximate surface area is 164 Å². The molecule has 0 saturated carbocycles. The third-order valence-electron chi connectivity index (χ3n) is 5.29. The van der Waals surface area contributed by atoms with Crippen molar-refractivity contribution in [1.82, 2.24) is 9.88 Å². The summed E-state index contributed by atoms with van der Waals surface area (Å²) >= 11 is 0. The van der Waals surface area contributed by atoms with Crippen molar-refractivity contribution < 1.29 is 4.79 Å². The SMILES string of the molecule is CCC1=CC2N=CC(CN3CCN(c4cccnc4C#N)CC3)=CC2=NC1=O. The lowest BCUT2D eigenvalue weighted by atomic mass is 9.98. The minimum absolute atomic E-state index is 0.122. The average Bonchev–Trinajstić information content (AvgIpc) is 2.73. The molecule has 0 radical (unpaired) electrons. The van der Waals surface area contributed by atoms with E-state index in [0.717, 1.165) is 55.3 Å². The summed E-state index contributed by atoms with van der Waals surface area (Å²) in [5.41, 5.74) is 3.94. The predicted octanol–water partition coefficient (Wildman–Crippen LogP) is 1.77. The summed E-state index contributed by atoms with van der Waals surface area (Å²) in [6.45, 7) is 6.20. The maximum absolute atomic E-state index is 12.0. The van der Waals surface area contributed by atoms with Crippen LogP contribution < -0.4 is 4.90 Å². The van der Waals surface area contributed by atoms with Crippen molar-refractivity contribution in [3.8, 4) is 6.07 Å². The second-order valence-electron chi connectivity index (χ2n) is 7.08. The van der Waals surface area contributed by atoms with Crippen LogP contribution in [0.25, 0.3) is 0 Å². The van der Waals surface area contributed by atoms with E-state index >= 15 is 0 Å². The minimum Gasteiger partial charge on any atom is -0.367 e. The van der Waals surface area contributed by atoms with Crippen molar-refractivity contribution in [2.75, 3.05) is 37.6 Å². The summed E-state index contributed by atoms with van der Waals surface area (Å²) in [5, 5.41) is 9.25. The van der Waals surface area contributed by atoms with Gasteiger partial charge in [-0.15, -0.1) is 0 Å². The average molecular weight is 374 g/mol. The third kappa shape index (κ3) is 3.64. The second kappa shape index (κ2) is 7.87. The summed E-state index contributed by atoms with van der Waals surface area (Å²) in [6.07, 6.45) is 8.17. The highest BCUT2D eigenvalue weighted by Gasteiger charge is 2.25. The summed E-state index contributed by atoms with van der Waals surface area (Å²) < 4.78 is 0. The molecule has 4 heterocycles. The van der Waals surface area contributed by atoms with Crippen LogP contribution in [0.1, 0.15) is 19.0 Å². The first-order chi connectivity index (χ1) is 13.7. The van der Waals surface area contributed by atoms with Gasteiger partial charge in [0.25, 0.3) is 5.91 Å². The molecule has 1 aromatic heterocycles. The number of amides is 1. The number of aromatic nitrogens is 1. The molecular formula is C21H22N6O. The number of pyridine rings is 1. The van der Waals surface area contributed by atoms with Crippen LogP contribution in [0.15, 0.2) is 51.6 Å². The molecule has 1 unspecified atom stereocenters. The number of hydrogen-bond acceptors (Lipinski definition) is 6. The molecule has 3 aliphatic rings. The van der Waals surface area contributed by atoms with Crippen LogP contribution >= 0.6 is 0 Å². The Morgan fingerprint density at radius 2 is 2.11 bits per heavy atom. The Bertz CT molecular complexity index is 944. The van der Waals surface area contributed by atoms with Crippen molar-refractivity contribution in [3.05, 3.63) is 47.3 Å². The van der Waals surface area contributed by atoms with Gasteiger partial charge in [-0.1, -0.05) is 6.92 Å². The van der Waals surface area contributed by atoms with Gasteiger partial charge in [-0.3, -0.25) is 14.7 Å². The van der Waals surface area contributed by atoms with Crippen molar-refractivity contribution in [2.24, 2.45) is 9.98 Å². The molecule has 0 bridgehead atoms. The second-order valence-corrected chi connectivity index (χ2v) is 7.08. The number of rotatable bonds is 4. The highest BCUT2D eigenvalue weighted by molar-refractivity contribution is 6.16.